The van der Waals surface area contributed by atoms with E-state index in [1.54, 1.807) is 23.6 Å². The fourth-order valence-corrected chi connectivity index (χ4v) is 2.98. The van der Waals surface area contributed by atoms with E-state index in [1.807, 2.05) is 5.38 Å². The number of hydrogen-bond donors (Lipinski definition) is 2. The summed E-state index contributed by atoms with van der Waals surface area (Å²) < 4.78 is 9.94. The average molecular weight is 411 g/mol. The number of thiophene rings is 1. The highest BCUT2D eigenvalue weighted by molar-refractivity contribution is 7.08. The van der Waals surface area contributed by atoms with Crippen molar-refractivity contribution in [1.29, 1.82) is 0 Å². The smallest absolute Gasteiger partial charge is 0.306 e. The van der Waals surface area contributed by atoms with Crippen molar-refractivity contribution in [2.45, 2.75) is 12.8 Å². The van der Waals surface area contributed by atoms with Crippen LogP contribution in [0.3, 0.4) is 0 Å². The molecule has 0 bridgehead atoms. The van der Waals surface area contributed by atoms with E-state index >= 15 is 0 Å². The molecule has 7 nitrogen and oxygen atoms in total. The second kappa shape index (κ2) is 10.5. The number of esters is 1. The summed E-state index contributed by atoms with van der Waals surface area (Å²) in [5.41, 5.74) is 1.07. The highest BCUT2D eigenvalue weighted by atomic mass is 35.5. The first-order chi connectivity index (χ1) is 13.0. The van der Waals surface area contributed by atoms with Crippen molar-refractivity contribution in [1.82, 2.24) is 5.32 Å². The number of amides is 2. The lowest BCUT2D eigenvalue weighted by molar-refractivity contribution is -0.147. The molecule has 1 aromatic carbocycles. The molecule has 0 aliphatic rings. The van der Waals surface area contributed by atoms with Gasteiger partial charge >= 0.3 is 5.97 Å². The maximum absolute atomic E-state index is 11.8. The Hall–Kier alpha value is -2.58. The summed E-state index contributed by atoms with van der Waals surface area (Å²) in [5.74, 6) is -0.674. The molecule has 2 rings (SSSR count). The predicted octanol–water partition coefficient (Wildman–Crippen LogP) is 3.10. The van der Waals surface area contributed by atoms with Gasteiger partial charge in [-0.05, 0) is 36.1 Å². The monoisotopic (exact) mass is 410 g/mol. The number of carbonyl (C=O) groups excluding carboxylic acids is 3. The van der Waals surface area contributed by atoms with E-state index in [4.69, 9.17) is 21.1 Å². The summed E-state index contributed by atoms with van der Waals surface area (Å²) in [6, 6.07) is 6.51. The Morgan fingerprint density at radius 3 is 2.70 bits per heavy atom. The lowest BCUT2D eigenvalue weighted by Gasteiger charge is -2.09. The molecule has 0 spiro atoms. The highest BCUT2D eigenvalue weighted by Gasteiger charge is 2.10. The van der Waals surface area contributed by atoms with Gasteiger partial charge in [-0.25, -0.2) is 0 Å². The van der Waals surface area contributed by atoms with Crippen LogP contribution in [-0.2, 0) is 14.3 Å². The molecule has 0 atom stereocenters. The minimum atomic E-state index is -0.511. The lowest BCUT2D eigenvalue weighted by atomic mass is 10.3. The first-order valence-electron chi connectivity index (χ1n) is 8.09. The summed E-state index contributed by atoms with van der Waals surface area (Å²) >= 11 is 7.41. The number of methoxy groups -OCH3 is 1. The molecule has 0 aliphatic carbocycles. The number of carbonyl (C=O) groups is 3. The van der Waals surface area contributed by atoms with Crippen molar-refractivity contribution in [2.75, 3.05) is 25.6 Å². The molecule has 0 saturated carbocycles. The third kappa shape index (κ3) is 6.92. The molecule has 2 aromatic rings. The van der Waals surface area contributed by atoms with Gasteiger partial charge in [0.1, 0.15) is 5.75 Å². The second-order valence-electron chi connectivity index (χ2n) is 5.43. The Balaban J connectivity index is 1.62. The van der Waals surface area contributed by atoms with Gasteiger partial charge in [0.05, 0.1) is 12.1 Å². The molecule has 0 radical (unpaired) electrons. The van der Waals surface area contributed by atoms with Gasteiger partial charge in [0.25, 0.3) is 11.8 Å². The molecule has 1 aromatic heterocycles. The molecular weight excluding hydrogens is 392 g/mol. The Bertz CT molecular complexity index is 795. The van der Waals surface area contributed by atoms with E-state index in [9.17, 15) is 14.4 Å². The number of ether oxygens (including phenoxy) is 2. The molecule has 9 heteroatoms. The van der Waals surface area contributed by atoms with Gasteiger partial charge in [-0.3, -0.25) is 14.4 Å². The summed E-state index contributed by atoms with van der Waals surface area (Å²) in [7, 11) is 1.49. The lowest BCUT2D eigenvalue weighted by Crippen LogP contribution is -2.25. The first-order valence-corrected chi connectivity index (χ1v) is 9.41. The van der Waals surface area contributed by atoms with Crippen LogP contribution in [0.2, 0.25) is 5.02 Å². The van der Waals surface area contributed by atoms with Crippen LogP contribution in [-0.4, -0.2) is 38.0 Å². The van der Waals surface area contributed by atoms with Gasteiger partial charge in [0.2, 0.25) is 0 Å². The van der Waals surface area contributed by atoms with Crippen LogP contribution in [0.15, 0.2) is 35.0 Å². The Kier molecular flexibility index (Phi) is 8.09. The number of nitrogens with one attached hydrogen (secondary N) is 2. The van der Waals surface area contributed by atoms with Crippen molar-refractivity contribution in [3.05, 3.63) is 45.6 Å². The van der Waals surface area contributed by atoms with Gasteiger partial charge in [-0.2, -0.15) is 11.3 Å². The van der Waals surface area contributed by atoms with Crippen molar-refractivity contribution >= 4 is 46.4 Å². The number of halogens is 1. The number of rotatable bonds is 9. The van der Waals surface area contributed by atoms with E-state index in [1.165, 1.54) is 24.5 Å². The topological polar surface area (TPSA) is 93.7 Å². The molecule has 2 N–H and O–H groups in total. The molecule has 0 fully saturated rings. The number of benzene rings is 1. The van der Waals surface area contributed by atoms with Crippen LogP contribution >= 0.6 is 22.9 Å². The standard InChI is InChI=1S/C18H19ClN2O5S/c1-25-15-5-4-13(9-14(15)19)21-16(22)10-26-17(23)3-2-7-20-18(24)12-6-8-27-11-12/h4-6,8-9,11H,2-3,7,10H2,1H3,(H,20,24)(H,21,22). The van der Waals surface area contributed by atoms with Gasteiger partial charge in [0.15, 0.2) is 6.61 Å². The van der Waals surface area contributed by atoms with Gasteiger partial charge < -0.3 is 20.1 Å². The summed E-state index contributed by atoms with van der Waals surface area (Å²) in [5, 5.41) is 9.21. The quantitative estimate of drug-likeness (QED) is 0.489. The fraction of sp³-hybridized carbons (Fsp3) is 0.278. The zero-order chi connectivity index (χ0) is 19.6. The van der Waals surface area contributed by atoms with Crippen molar-refractivity contribution in [3.8, 4) is 5.75 Å². The molecule has 144 valence electrons. The largest absolute Gasteiger partial charge is 0.495 e. The molecule has 0 aliphatic heterocycles. The normalized spacial score (nSPS) is 10.1. The SMILES string of the molecule is COc1ccc(NC(=O)COC(=O)CCCNC(=O)c2ccsc2)cc1Cl. The van der Waals surface area contributed by atoms with E-state index < -0.39 is 18.5 Å². The van der Waals surface area contributed by atoms with Crippen LogP contribution in [0.4, 0.5) is 5.69 Å². The van der Waals surface area contributed by atoms with Gasteiger partial charge in [0, 0.05) is 29.6 Å². The molecule has 0 unspecified atom stereocenters. The number of anilines is 1. The summed E-state index contributed by atoms with van der Waals surface area (Å²) in [6.07, 6.45) is 0.524. The van der Waals surface area contributed by atoms with E-state index in [0.717, 1.165) is 0 Å². The van der Waals surface area contributed by atoms with Crippen LogP contribution in [0, 0.1) is 0 Å². The maximum atomic E-state index is 11.8. The minimum Gasteiger partial charge on any atom is -0.495 e. The molecule has 2 amide bonds. The maximum Gasteiger partial charge on any atom is 0.306 e. The summed E-state index contributed by atoms with van der Waals surface area (Å²) in [4.78, 5) is 35.2. The van der Waals surface area contributed by atoms with Crippen molar-refractivity contribution in [2.24, 2.45) is 0 Å². The fourth-order valence-electron chi connectivity index (χ4n) is 2.09. The van der Waals surface area contributed by atoms with Gasteiger partial charge in [-0.15, -0.1) is 0 Å². The highest BCUT2D eigenvalue weighted by Crippen LogP contribution is 2.27. The average Bonchev–Trinajstić information content (AvgIpc) is 3.18. The molecular formula is C18H19ClN2O5S. The minimum absolute atomic E-state index is 0.103. The predicted molar refractivity (Wildman–Crippen MR) is 103 cm³/mol. The Morgan fingerprint density at radius 1 is 1.22 bits per heavy atom. The van der Waals surface area contributed by atoms with Crippen molar-refractivity contribution < 1.29 is 23.9 Å². The van der Waals surface area contributed by atoms with E-state index in [0.29, 0.717) is 35.0 Å². The second-order valence-corrected chi connectivity index (χ2v) is 6.62. The third-order valence-corrected chi connectivity index (χ3v) is 4.41. The zero-order valence-electron chi connectivity index (χ0n) is 14.6. The van der Waals surface area contributed by atoms with Gasteiger partial charge in [-0.1, -0.05) is 11.6 Å². The molecule has 27 heavy (non-hydrogen) atoms. The Labute approximate surface area is 165 Å². The van der Waals surface area contributed by atoms with Crippen LogP contribution < -0.4 is 15.4 Å². The van der Waals surface area contributed by atoms with E-state index in [2.05, 4.69) is 10.6 Å². The molecule has 0 saturated heterocycles. The third-order valence-electron chi connectivity index (χ3n) is 3.43. The van der Waals surface area contributed by atoms with Crippen LogP contribution in [0.25, 0.3) is 0 Å². The zero-order valence-corrected chi connectivity index (χ0v) is 16.2. The van der Waals surface area contributed by atoms with Crippen molar-refractivity contribution in [3.63, 3.8) is 0 Å². The van der Waals surface area contributed by atoms with Crippen LogP contribution in [0.5, 0.6) is 5.75 Å². The number of hydrogen-bond acceptors (Lipinski definition) is 6. The van der Waals surface area contributed by atoms with Crippen LogP contribution in [0.1, 0.15) is 23.2 Å². The first kappa shape index (κ1) is 20.7. The Morgan fingerprint density at radius 2 is 2.04 bits per heavy atom. The van der Waals surface area contributed by atoms with E-state index in [-0.39, 0.29) is 12.3 Å². The summed E-state index contributed by atoms with van der Waals surface area (Å²) in [6.45, 7) is -0.0515. The molecule has 1 heterocycles.